The van der Waals surface area contributed by atoms with Crippen molar-refractivity contribution in [2.24, 2.45) is 5.92 Å². The summed E-state index contributed by atoms with van der Waals surface area (Å²) >= 11 is 0. The van der Waals surface area contributed by atoms with Gasteiger partial charge in [0.05, 0.1) is 12.0 Å². The van der Waals surface area contributed by atoms with Crippen LogP contribution in [0.5, 0.6) is 0 Å². The normalized spacial score (nSPS) is 18.5. The summed E-state index contributed by atoms with van der Waals surface area (Å²) in [5, 5.41) is 19.4. The molecule has 0 radical (unpaired) electrons. The maximum absolute atomic E-state index is 11.0. The number of aliphatic hydroxyl groups is 1. The van der Waals surface area contributed by atoms with E-state index in [2.05, 4.69) is 37.8 Å². The fourth-order valence-electron chi connectivity index (χ4n) is 3.28. The third-order valence-electron chi connectivity index (χ3n) is 5.05. The molecule has 1 saturated heterocycles. The van der Waals surface area contributed by atoms with Crippen LogP contribution >= 0.6 is 0 Å². The van der Waals surface area contributed by atoms with Crippen molar-refractivity contribution >= 4 is 5.97 Å². The highest BCUT2D eigenvalue weighted by molar-refractivity contribution is 5.70. The number of hydrogen-bond acceptors (Lipinski definition) is 3. The molecule has 1 aliphatic rings. The largest absolute Gasteiger partial charge is 0.481 e. The third kappa shape index (κ3) is 5.32. The van der Waals surface area contributed by atoms with Gasteiger partial charge in [0.2, 0.25) is 0 Å². The van der Waals surface area contributed by atoms with Crippen LogP contribution < -0.4 is 0 Å². The Balaban J connectivity index is 1.74. The Morgan fingerprint density at radius 2 is 1.79 bits per heavy atom. The van der Waals surface area contributed by atoms with Crippen molar-refractivity contribution in [3.8, 4) is 0 Å². The highest BCUT2D eigenvalue weighted by atomic mass is 16.4. The van der Waals surface area contributed by atoms with E-state index < -0.39 is 12.1 Å². The Morgan fingerprint density at radius 3 is 2.29 bits per heavy atom. The number of carboxylic acids is 1. The molecule has 0 saturated carbocycles. The first-order valence-corrected chi connectivity index (χ1v) is 9.01. The molecule has 1 atom stereocenters. The van der Waals surface area contributed by atoms with Crippen LogP contribution in [0.2, 0.25) is 0 Å². The molecule has 1 heterocycles. The van der Waals surface area contributed by atoms with Gasteiger partial charge in [0.25, 0.3) is 0 Å². The lowest BCUT2D eigenvalue weighted by Crippen LogP contribution is -2.36. The van der Waals surface area contributed by atoms with Gasteiger partial charge < -0.3 is 15.1 Å². The summed E-state index contributed by atoms with van der Waals surface area (Å²) in [5.41, 5.74) is 2.39. The molecular weight excluding hydrogens is 302 g/mol. The number of aliphatic carboxylic acids is 1. The van der Waals surface area contributed by atoms with Gasteiger partial charge in [-0.3, -0.25) is 4.79 Å². The van der Waals surface area contributed by atoms with Crippen molar-refractivity contribution < 1.29 is 15.0 Å². The first kappa shape index (κ1) is 18.9. The van der Waals surface area contributed by atoms with Crippen LogP contribution in [0.1, 0.15) is 63.7 Å². The number of benzene rings is 1. The standard InChI is InChI=1S/C20H31NO3/c1-20(2,3)17-8-6-15(7-9-17)18(22)5-4-12-21-13-10-16(11-14-21)19(23)24/h6-9,16,18,22H,4-5,10-14H2,1-3H3,(H,23,24). The zero-order valence-corrected chi connectivity index (χ0v) is 15.2. The number of likely N-dealkylation sites (tertiary alicyclic amines) is 1. The summed E-state index contributed by atoms with van der Waals surface area (Å²) in [6, 6.07) is 8.28. The molecule has 1 aliphatic heterocycles. The van der Waals surface area contributed by atoms with Crippen LogP contribution in [0.4, 0.5) is 0 Å². The second kappa shape index (κ2) is 8.13. The van der Waals surface area contributed by atoms with E-state index in [0.29, 0.717) is 0 Å². The Morgan fingerprint density at radius 1 is 1.21 bits per heavy atom. The van der Waals surface area contributed by atoms with Gasteiger partial charge in [-0.05, 0) is 61.9 Å². The number of hydrogen-bond donors (Lipinski definition) is 2. The summed E-state index contributed by atoms with van der Waals surface area (Å²) in [6.07, 6.45) is 2.74. The molecule has 0 amide bonds. The van der Waals surface area contributed by atoms with Crippen LogP contribution in [0.3, 0.4) is 0 Å². The van der Waals surface area contributed by atoms with E-state index in [1.807, 2.05) is 12.1 Å². The number of carbonyl (C=O) groups is 1. The van der Waals surface area contributed by atoms with Crippen LogP contribution in [0.15, 0.2) is 24.3 Å². The molecule has 0 aliphatic carbocycles. The predicted octanol–water partition coefficient (Wildman–Crippen LogP) is 3.59. The lowest BCUT2D eigenvalue weighted by atomic mass is 9.86. The molecule has 0 spiro atoms. The van der Waals surface area contributed by atoms with Gasteiger partial charge in [0, 0.05) is 0 Å². The molecule has 2 rings (SSSR count). The quantitative estimate of drug-likeness (QED) is 0.835. The minimum Gasteiger partial charge on any atom is -0.481 e. The van der Waals surface area contributed by atoms with Gasteiger partial charge in [0.15, 0.2) is 0 Å². The summed E-state index contributed by atoms with van der Waals surface area (Å²) in [6.45, 7) is 9.20. The zero-order valence-electron chi connectivity index (χ0n) is 15.2. The molecule has 1 aromatic carbocycles. The van der Waals surface area contributed by atoms with E-state index in [9.17, 15) is 9.90 Å². The lowest BCUT2D eigenvalue weighted by molar-refractivity contribution is -0.143. The number of carboxylic acid groups (broad SMARTS) is 1. The maximum atomic E-state index is 11.0. The van der Waals surface area contributed by atoms with Crippen molar-refractivity contribution in [2.75, 3.05) is 19.6 Å². The second-order valence-corrected chi connectivity index (χ2v) is 7.98. The molecule has 24 heavy (non-hydrogen) atoms. The zero-order chi connectivity index (χ0) is 17.7. The average molecular weight is 333 g/mol. The number of rotatable bonds is 6. The number of piperidine rings is 1. The maximum Gasteiger partial charge on any atom is 0.306 e. The summed E-state index contributed by atoms with van der Waals surface area (Å²) < 4.78 is 0. The minimum atomic E-state index is -0.663. The molecular formula is C20H31NO3. The summed E-state index contributed by atoms with van der Waals surface area (Å²) in [7, 11) is 0. The predicted molar refractivity (Wildman–Crippen MR) is 96.1 cm³/mol. The Kier molecular flexibility index (Phi) is 6.41. The minimum absolute atomic E-state index is 0.131. The Hall–Kier alpha value is -1.39. The summed E-state index contributed by atoms with van der Waals surface area (Å²) in [4.78, 5) is 13.3. The average Bonchev–Trinajstić information content (AvgIpc) is 2.54. The van der Waals surface area contributed by atoms with Gasteiger partial charge in [-0.15, -0.1) is 0 Å². The van der Waals surface area contributed by atoms with Crippen LogP contribution in [0.25, 0.3) is 0 Å². The molecule has 1 unspecified atom stereocenters. The molecule has 4 heteroatoms. The van der Waals surface area contributed by atoms with Crippen LogP contribution in [0, 0.1) is 5.92 Å². The smallest absolute Gasteiger partial charge is 0.306 e. The first-order chi connectivity index (χ1) is 11.3. The second-order valence-electron chi connectivity index (χ2n) is 7.98. The topological polar surface area (TPSA) is 60.8 Å². The highest BCUT2D eigenvalue weighted by Crippen LogP contribution is 2.25. The number of aliphatic hydroxyl groups excluding tert-OH is 1. The van der Waals surface area contributed by atoms with Crippen molar-refractivity contribution in [1.82, 2.24) is 4.90 Å². The first-order valence-electron chi connectivity index (χ1n) is 9.01. The van der Waals surface area contributed by atoms with Crippen LogP contribution in [-0.4, -0.2) is 40.7 Å². The molecule has 4 nitrogen and oxygen atoms in total. The molecule has 0 aromatic heterocycles. The van der Waals surface area contributed by atoms with E-state index in [1.165, 1.54) is 5.56 Å². The SMILES string of the molecule is CC(C)(C)c1ccc(C(O)CCCN2CCC(C(=O)O)CC2)cc1. The van der Waals surface area contributed by atoms with E-state index in [4.69, 9.17) is 5.11 Å². The van der Waals surface area contributed by atoms with Gasteiger partial charge in [0.1, 0.15) is 0 Å². The van der Waals surface area contributed by atoms with Crippen molar-refractivity contribution in [3.05, 3.63) is 35.4 Å². The molecule has 1 aromatic rings. The molecule has 1 fully saturated rings. The molecule has 0 bridgehead atoms. The van der Waals surface area contributed by atoms with Crippen molar-refractivity contribution in [2.45, 2.75) is 58.0 Å². The van der Waals surface area contributed by atoms with Crippen molar-refractivity contribution in [1.29, 1.82) is 0 Å². The summed E-state index contributed by atoms with van der Waals surface area (Å²) in [5.74, 6) is -0.836. The van der Waals surface area contributed by atoms with Gasteiger partial charge in [-0.1, -0.05) is 45.0 Å². The third-order valence-corrected chi connectivity index (χ3v) is 5.05. The number of nitrogens with zero attached hydrogens (tertiary/aromatic N) is 1. The monoisotopic (exact) mass is 333 g/mol. The van der Waals surface area contributed by atoms with E-state index in [1.54, 1.807) is 0 Å². The van der Waals surface area contributed by atoms with Gasteiger partial charge in [-0.25, -0.2) is 0 Å². The van der Waals surface area contributed by atoms with E-state index in [-0.39, 0.29) is 11.3 Å². The van der Waals surface area contributed by atoms with E-state index in [0.717, 1.165) is 50.9 Å². The van der Waals surface area contributed by atoms with E-state index >= 15 is 0 Å². The van der Waals surface area contributed by atoms with Crippen molar-refractivity contribution in [3.63, 3.8) is 0 Å². The fraction of sp³-hybridized carbons (Fsp3) is 0.650. The van der Waals surface area contributed by atoms with Gasteiger partial charge in [-0.2, -0.15) is 0 Å². The molecule has 2 N–H and O–H groups in total. The fourth-order valence-corrected chi connectivity index (χ4v) is 3.28. The van der Waals surface area contributed by atoms with Gasteiger partial charge >= 0.3 is 5.97 Å². The Labute approximate surface area is 145 Å². The highest BCUT2D eigenvalue weighted by Gasteiger charge is 2.24. The lowest BCUT2D eigenvalue weighted by Gasteiger charge is -2.30. The molecule has 134 valence electrons. The Bertz CT molecular complexity index is 525. The van der Waals surface area contributed by atoms with Crippen LogP contribution in [-0.2, 0) is 10.2 Å².